The van der Waals surface area contributed by atoms with Crippen molar-refractivity contribution in [2.75, 3.05) is 27.4 Å². The first-order chi connectivity index (χ1) is 15.6. The Morgan fingerprint density at radius 2 is 2.00 bits per heavy atom. The van der Waals surface area contributed by atoms with E-state index in [2.05, 4.69) is 16.5 Å². The van der Waals surface area contributed by atoms with E-state index in [9.17, 15) is 4.79 Å². The zero-order valence-corrected chi connectivity index (χ0v) is 19.5. The molecule has 3 aromatic rings. The van der Waals surface area contributed by atoms with Crippen LogP contribution < -0.4 is 14.8 Å². The third-order valence-electron chi connectivity index (χ3n) is 4.98. The smallest absolute Gasteiger partial charge is 0.253 e. The third kappa shape index (κ3) is 5.77. The minimum atomic E-state index is -0.118. The number of ether oxygens (including phenoxy) is 3. The minimum Gasteiger partial charge on any atom is -0.497 e. The van der Waals surface area contributed by atoms with E-state index in [0.29, 0.717) is 25.3 Å². The number of nitrogens with zero attached hydrogens (tertiary/aromatic N) is 2. The van der Waals surface area contributed by atoms with E-state index in [1.54, 1.807) is 20.3 Å². The van der Waals surface area contributed by atoms with Crippen molar-refractivity contribution in [2.24, 2.45) is 0 Å². The summed E-state index contributed by atoms with van der Waals surface area (Å²) in [6.07, 6.45) is 2.50. The summed E-state index contributed by atoms with van der Waals surface area (Å²) in [6.45, 7) is 7.79. The van der Waals surface area contributed by atoms with Crippen molar-refractivity contribution in [3.05, 3.63) is 64.6 Å². The Kier molecular flexibility index (Phi) is 8.47. The van der Waals surface area contributed by atoms with Crippen molar-refractivity contribution in [3.8, 4) is 22.9 Å². The van der Waals surface area contributed by atoms with Gasteiger partial charge in [0.25, 0.3) is 5.91 Å². The van der Waals surface area contributed by atoms with Gasteiger partial charge in [0, 0.05) is 37.9 Å². The zero-order valence-electron chi connectivity index (χ0n) is 18.7. The van der Waals surface area contributed by atoms with Crippen LogP contribution in [-0.4, -0.2) is 42.8 Å². The van der Waals surface area contributed by atoms with Crippen molar-refractivity contribution in [2.45, 2.75) is 26.5 Å². The van der Waals surface area contributed by atoms with Gasteiger partial charge in [-0.05, 0) is 43.7 Å². The van der Waals surface area contributed by atoms with Crippen LogP contribution in [0, 0.1) is 6.92 Å². The number of nitrogens with one attached hydrogen (secondary N) is 1. The largest absolute Gasteiger partial charge is 0.497 e. The number of carbonyl (C=O) groups is 1. The number of benzene rings is 1. The molecule has 2 heterocycles. The third-order valence-corrected chi connectivity index (χ3v) is 5.81. The Bertz CT molecular complexity index is 1040. The van der Waals surface area contributed by atoms with Gasteiger partial charge < -0.3 is 24.1 Å². The van der Waals surface area contributed by atoms with Crippen molar-refractivity contribution >= 4 is 17.2 Å². The molecule has 2 aromatic heterocycles. The molecule has 1 aromatic carbocycles. The predicted molar refractivity (Wildman–Crippen MR) is 127 cm³/mol. The van der Waals surface area contributed by atoms with Crippen LogP contribution in [0.1, 0.15) is 27.5 Å². The molecule has 0 radical (unpaired) electrons. The van der Waals surface area contributed by atoms with E-state index in [0.717, 1.165) is 46.6 Å². The highest BCUT2D eigenvalue weighted by molar-refractivity contribution is 7.09. The highest BCUT2D eigenvalue weighted by Crippen LogP contribution is 2.28. The Balaban J connectivity index is 1.79. The van der Waals surface area contributed by atoms with Crippen LogP contribution in [0.5, 0.6) is 11.5 Å². The first-order valence-corrected chi connectivity index (χ1v) is 11.2. The van der Waals surface area contributed by atoms with E-state index in [1.165, 1.54) is 11.3 Å². The SMILES string of the molecule is C=CCNC(=O)c1cc(-c2csc(COc3ccc(OC)cc3)n2)n(CCCOC)c1C. The summed E-state index contributed by atoms with van der Waals surface area (Å²) in [4.78, 5) is 17.4. The van der Waals surface area contributed by atoms with Crippen LogP contribution in [0.4, 0.5) is 0 Å². The molecule has 1 amide bonds. The summed E-state index contributed by atoms with van der Waals surface area (Å²) in [5.74, 6) is 1.42. The lowest BCUT2D eigenvalue weighted by Crippen LogP contribution is -2.23. The van der Waals surface area contributed by atoms with Gasteiger partial charge in [0.1, 0.15) is 23.1 Å². The normalized spacial score (nSPS) is 10.7. The van der Waals surface area contributed by atoms with Crippen LogP contribution in [-0.2, 0) is 17.9 Å². The van der Waals surface area contributed by atoms with Gasteiger partial charge in [-0.15, -0.1) is 17.9 Å². The van der Waals surface area contributed by atoms with Gasteiger partial charge in [0.2, 0.25) is 0 Å². The summed E-state index contributed by atoms with van der Waals surface area (Å²) in [6, 6.07) is 9.36. The molecule has 0 saturated heterocycles. The maximum atomic E-state index is 12.6. The molecule has 3 rings (SSSR count). The maximum Gasteiger partial charge on any atom is 0.253 e. The van der Waals surface area contributed by atoms with Gasteiger partial charge in [-0.3, -0.25) is 4.79 Å². The summed E-state index contributed by atoms with van der Waals surface area (Å²) < 4.78 is 18.4. The highest BCUT2D eigenvalue weighted by atomic mass is 32.1. The molecule has 32 heavy (non-hydrogen) atoms. The molecule has 0 unspecified atom stereocenters. The molecule has 8 heteroatoms. The molecule has 0 aliphatic carbocycles. The molecule has 0 spiro atoms. The van der Waals surface area contributed by atoms with Crippen molar-refractivity contribution in [1.29, 1.82) is 0 Å². The second-order valence-electron chi connectivity index (χ2n) is 7.12. The number of amides is 1. The maximum absolute atomic E-state index is 12.6. The number of hydrogen-bond donors (Lipinski definition) is 1. The molecule has 0 atom stereocenters. The molecule has 1 N–H and O–H groups in total. The lowest BCUT2D eigenvalue weighted by Gasteiger charge is -2.10. The fraction of sp³-hybridized carbons (Fsp3) is 0.333. The molecule has 0 fully saturated rings. The van der Waals surface area contributed by atoms with Gasteiger partial charge in [0.15, 0.2) is 0 Å². The molecule has 0 aliphatic heterocycles. The molecule has 170 valence electrons. The average Bonchev–Trinajstić information content (AvgIpc) is 3.41. The Hall–Kier alpha value is -3.10. The van der Waals surface area contributed by atoms with Gasteiger partial charge >= 0.3 is 0 Å². The van der Waals surface area contributed by atoms with Crippen LogP contribution in [0.3, 0.4) is 0 Å². The Morgan fingerprint density at radius 1 is 1.25 bits per heavy atom. The molecule has 7 nitrogen and oxygen atoms in total. The van der Waals surface area contributed by atoms with E-state index >= 15 is 0 Å². The number of rotatable bonds is 12. The number of carbonyl (C=O) groups excluding carboxylic acids is 1. The first kappa shape index (κ1) is 23.6. The standard InChI is InChI=1S/C24H29N3O4S/c1-5-11-25-24(28)20-14-22(27(17(20)2)12-6-13-29-3)21-16-32-23(26-21)15-31-19-9-7-18(30-4)8-10-19/h5,7-10,14,16H,1,6,11-13,15H2,2-4H3,(H,25,28). The van der Waals surface area contributed by atoms with Gasteiger partial charge in [-0.2, -0.15) is 0 Å². The number of methoxy groups -OCH3 is 2. The molecule has 0 bridgehead atoms. The second-order valence-corrected chi connectivity index (χ2v) is 8.06. The van der Waals surface area contributed by atoms with Crippen LogP contribution >= 0.6 is 11.3 Å². The van der Waals surface area contributed by atoms with E-state index < -0.39 is 0 Å². The molecular formula is C24H29N3O4S. The summed E-state index contributed by atoms with van der Waals surface area (Å²) >= 11 is 1.53. The minimum absolute atomic E-state index is 0.118. The number of aromatic nitrogens is 2. The quantitative estimate of drug-likeness (QED) is 0.322. The summed E-state index contributed by atoms with van der Waals surface area (Å²) in [5, 5.41) is 5.72. The van der Waals surface area contributed by atoms with Crippen molar-refractivity contribution < 1.29 is 19.0 Å². The fourth-order valence-corrected chi connectivity index (χ4v) is 4.01. The highest BCUT2D eigenvalue weighted by Gasteiger charge is 2.20. The topological polar surface area (TPSA) is 74.6 Å². The monoisotopic (exact) mass is 455 g/mol. The van der Waals surface area contributed by atoms with E-state index in [4.69, 9.17) is 19.2 Å². The van der Waals surface area contributed by atoms with Crippen molar-refractivity contribution in [3.63, 3.8) is 0 Å². The van der Waals surface area contributed by atoms with Gasteiger partial charge in [-0.25, -0.2) is 4.98 Å². The summed E-state index contributed by atoms with van der Waals surface area (Å²) in [5.41, 5.74) is 3.28. The zero-order chi connectivity index (χ0) is 22.9. The number of hydrogen-bond acceptors (Lipinski definition) is 6. The van der Waals surface area contributed by atoms with Crippen LogP contribution in [0.2, 0.25) is 0 Å². The predicted octanol–water partition coefficient (Wildman–Crippen LogP) is 4.46. The second kappa shape index (κ2) is 11.5. The lowest BCUT2D eigenvalue weighted by atomic mass is 10.2. The molecule has 0 saturated carbocycles. The first-order valence-electron chi connectivity index (χ1n) is 10.4. The fourth-order valence-electron chi connectivity index (χ4n) is 3.31. The summed E-state index contributed by atoms with van der Waals surface area (Å²) in [7, 11) is 3.32. The van der Waals surface area contributed by atoms with E-state index in [1.807, 2.05) is 42.6 Å². The number of thiazole rings is 1. The van der Waals surface area contributed by atoms with Crippen LogP contribution in [0.25, 0.3) is 11.4 Å². The Morgan fingerprint density at radius 3 is 2.69 bits per heavy atom. The van der Waals surface area contributed by atoms with Crippen molar-refractivity contribution in [1.82, 2.24) is 14.9 Å². The van der Waals surface area contributed by atoms with E-state index in [-0.39, 0.29) is 5.91 Å². The van der Waals surface area contributed by atoms with Gasteiger partial charge in [0.05, 0.1) is 24.1 Å². The lowest BCUT2D eigenvalue weighted by molar-refractivity contribution is 0.0957. The molecular weight excluding hydrogens is 426 g/mol. The van der Waals surface area contributed by atoms with Crippen LogP contribution in [0.15, 0.2) is 48.4 Å². The molecule has 0 aliphatic rings. The van der Waals surface area contributed by atoms with Gasteiger partial charge in [-0.1, -0.05) is 6.08 Å². The average molecular weight is 456 g/mol. The Labute approximate surface area is 192 Å².